The maximum absolute atomic E-state index is 5.81. The molecule has 0 aliphatic carbocycles. The van der Waals surface area contributed by atoms with Gasteiger partial charge in [0.2, 0.25) is 0 Å². The van der Waals surface area contributed by atoms with Gasteiger partial charge in [0.25, 0.3) is 0 Å². The van der Waals surface area contributed by atoms with E-state index in [1.807, 2.05) is 22.7 Å². The van der Waals surface area contributed by atoms with Gasteiger partial charge in [0.05, 0.1) is 0 Å². The van der Waals surface area contributed by atoms with E-state index in [1.54, 1.807) is 20.0 Å². The second-order valence-electron chi connectivity index (χ2n) is 8.27. The average molecular weight is 576 g/mol. The number of thiophene rings is 2. The van der Waals surface area contributed by atoms with E-state index in [1.165, 1.54) is 20.2 Å². The van der Waals surface area contributed by atoms with Crippen LogP contribution in [-0.4, -0.2) is 51.0 Å². The third-order valence-corrected chi connectivity index (χ3v) is 25.5. The number of fused-ring (bicyclic) bond motifs is 3. The zero-order valence-electron chi connectivity index (χ0n) is 15.8. The summed E-state index contributed by atoms with van der Waals surface area (Å²) in [5.41, 5.74) is 0. The van der Waals surface area contributed by atoms with Crippen molar-refractivity contribution in [3.05, 3.63) is 12.1 Å². The Balaban J connectivity index is 2.47. The molecule has 3 rings (SSSR count). The van der Waals surface area contributed by atoms with Gasteiger partial charge in [0.1, 0.15) is 0 Å². The molecule has 0 atom stereocenters. The molecule has 0 aliphatic rings. The molecule has 2 aromatic heterocycles. The Morgan fingerprint density at radius 1 is 0.667 bits per heavy atom. The van der Waals surface area contributed by atoms with Crippen molar-refractivity contribution in [2.75, 3.05) is 14.2 Å². The molecule has 1 aromatic carbocycles. The van der Waals surface area contributed by atoms with Gasteiger partial charge in [-0.1, -0.05) is 0 Å². The summed E-state index contributed by atoms with van der Waals surface area (Å²) >= 11 is -0.247. The Morgan fingerprint density at radius 2 is 1.00 bits per heavy atom. The van der Waals surface area contributed by atoms with E-state index in [0.717, 1.165) is 11.5 Å². The molecule has 24 heavy (non-hydrogen) atoms. The molecule has 2 nitrogen and oxygen atoms in total. The summed E-state index contributed by atoms with van der Waals surface area (Å²) in [5, 5.41) is 2.48. The average Bonchev–Trinajstić information content (AvgIpc) is 3.07. The summed E-state index contributed by atoms with van der Waals surface area (Å²) in [5.74, 6) is 1.82. The Labute approximate surface area is 160 Å². The van der Waals surface area contributed by atoms with Gasteiger partial charge in [0.15, 0.2) is 0 Å². The van der Waals surface area contributed by atoms with Crippen LogP contribution in [0.25, 0.3) is 20.2 Å². The number of methoxy groups -OCH3 is 2. The first-order chi connectivity index (χ1) is 11.1. The minimum atomic E-state index is -2.12. The van der Waals surface area contributed by atoms with Crippen LogP contribution in [0.3, 0.4) is 0 Å². The van der Waals surface area contributed by atoms with Crippen LogP contribution >= 0.6 is 22.7 Å². The molecule has 0 saturated heterocycles. The molecule has 0 saturated carbocycles. The quantitative estimate of drug-likeness (QED) is 0.397. The number of rotatable bonds is 4. The summed E-state index contributed by atoms with van der Waals surface area (Å²) in [4.78, 5) is 14.9. The first-order valence-corrected chi connectivity index (χ1v) is 29.8. The SMILES string of the molecule is COc1c(OC)c2c[c]([Sn]([CH3])([CH3])[CH3])sc2c2s[c]([Sn]([CH3])([CH3])[CH3])cc12. The van der Waals surface area contributed by atoms with E-state index in [9.17, 15) is 0 Å². The van der Waals surface area contributed by atoms with Gasteiger partial charge >= 0.3 is 162 Å². The molecule has 0 radical (unpaired) electrons. The molecule has 3 aromatic rings. The first-order valence-electron chi connectivity index (χ1n) is 8.20. The van der Waals surface area contributed by atoms with E-state index >= 15 is 0 Å². The van der Waals surface area contributed by atoms with E-state index in [0.29, 0.717) is 0 Å². The van der Waals surface area contributed by atoms with Gasteiger partial charge in [-0.3, -0.25) is 0 Å². The van der Waals surface area contributed by atoms with Crippen molar-refractivity contribution in [2.24, 2.45) is 0 Å². The molecule has 0 unspecified atom stereocenters. The fraction of sp³-hybridized carbons (Fsp3) is 0.444. The van der Waals surface area contributed by atoms with Crippen LogP contribution in [0.5, 0.6) is 11.5 Å². The zero-order chi connectivity index (χ0) is 17.9. The number of hydrogen-bond donors (Lipinski definition) is 0. The predicted molar refractivity (Wildman–Crippen MR) is 116 cm³/mol. The van der Waals surface area contributed by atoms with Crippen LogP contribution in [0.15, 0.2) is 12.1 Å². The van der Waals surface area contributed by atoms with E-state index in [2.05, 4.69) is 41.8 Å². The van der Waals surface area contributed by atoms with Crippen LogP contribution in [0.1, 0.15) is 0 Å². The van der Waals surface area contributed by atoms with Crippen molar-refractivity contribution < 1.29 is 9.47 Å². The fourth-order valence-electron chi connectivity index (χ4n) is 2.85. The summed E-state index contributed by atoms with van der Waals surface area (Å²) in [6, 6.07) is 4.77. The minimum absolute atomic E-state index is 0.909. The van der Waals surface area contributed by atoms with E-state index in [4.69, 9.17) is 9.47 Å². The monoisotopic (exact) mass is 578 g/mol. The normalized spacial score (nSPS) is 13.0. The topological polar surface area (TPSA) is 18.5 Å². The van der Waals surface area contributed by atoms with Gasteiger partial charge in [0, 0.05) is 0 Å². The van der Waals surface area contributed by atoms with Crippen LogP contribution in [-0.2, 0) is 0 Å². The van der Waals surface area contributed by atoms with Crippen molar-refractivity contribution in [1.29, 1.82) is 0 Å². The van der Waals surface area contributed by atoms with Crippen LogP contribution in [0.2, 0.25) is 29.6 Å². The molecule has 0 bridgehead atoms. The second-order valence-corrected chi connectivity index (χ2v) is 41.2. The van der Waals surface area contributed by atoms with Gasteiger partial charge < -0.3 is 0 Å². The number of ether oxygens (including phenoxy) is 2. The van der Waals surface area contributed by atoms with E-state index < -0.39 is 36.8 Å². The third kappa shape index (κ3) is 3.20. The molecule has 6 heteroatoms. The standard InChI is InChI=1S/C12H8O2S2.6CH3.2Sn/c1-13-9-7-3-5-15-11(7)12-8(4-6-16-12)10(9)14-2;;;;;;;;/h3-4H,1-2H3;6*1H3;;. The maximum atomic E-state index is 5.81. The molecular weight excluding hydrogens is 550 g/mol. The van der Waals surface area contributed by atoms with Gasteiger partial charge in [-0.15, -0.1) is 0 Å². The predicted octanol–water partition coefficient (Wildman–Crippen LogP) is 5.22. The molecule has 0 amide bonds. The van der Waals surface area contributed by atoms with Crippen LogP contribution < -0.4 is 15.3 Å². The van der Waals surface area contributed by atoms with Gasteiger partial charge in [-0.05, 0) is 0 Å². The molecular formula is C18H26O2S2Sn2. The van der Waals surface area contributed by atoms with E-state index in [-0.39, 0.29) is 0 Å². The second kappa shape index (κ2) is 6.50. The van der Waals surface area contributed by atoms with Gasteiger partial charge in [-0.2, -0.15) is 0 Å². The van der Waals surface area contributed by atoms with Crippen molar-refractivity contribution >= 4 is 85.4 Å². The number of hydrogen-bond acceptors (Lipinski definition) is 4. The summed E-state index contributed by atoms with van der Waals surface area (Å²) in [7, 11) is 3.52. The third-order valence-electron chi connectivity index (χ3n) is 4.25. The zero-order valence-corrected chi connectivity index (χ0v) is 23.1. The summed E-state index contributed by atoms with van der Waals surface area (Å²) in [6.07, 6.45) is 0. The molecule has 2 heterocycles. The van der Waals surface area contributed by atoms with Gasteiger partial charge in [-0.25, -0.2) is 0 Å². The molecule has 0 aliphatic heterocycles. The Hall–Kier alpha value is 0.337. The molecule has 0 spiro atoms. The first kappa shape index (κ1) is 19.1. The van der Waals surface area contributed by atoms with Crippen molar-refractivity contribution in [3.8, 4) is 11.5 Å². The summed E-state index contributed by atoms with van der Waals surface area (Å²) < 4.78 is 17.6. The molecule has 130 valence electrons. The molecule has 0 N–H and O–H groups in total. The van der Waals surface area contributed by atoms with Crippen LogP contribution in [0, 0.1) is 0 Å². The summed E-state index contributed by atoms with van der Waals surface area (Å²) in [6.45, 7) is 0. The Morgan fingerprint density at radius 3 is 1.25 bits per heavy atom. The fourth-order valence-corrected chi connectivity index (χ4v) is 15.7. The van der Waals surface area contributed by atoms with Crippen molar-refractivity contribution in [2.45, 2.75) is 29.6 Å². The van der Waals surface area contributed by atoms with Crippen molar-refractivity contribution in [1.82, 2.24) is 0 Å². The number of benzene rings is 1. The van der Waals surface area contributed by atoms with Crippen molar-refractivity contribution in [3.63, 3.8) is 0 Å². The Bertz CT molecular complexity index is 836. The van der Waals surface area contributed by atoms with Crippen LogP contribution in [0.4, 0.5) is 0 Å². The Kier molecular flexibility index (Phi) is 5.17. The molecule has 0 fully saturated rings.